The molecule has 1 fully saturated rings. The molecule has 1 aromatic rings. The first-order valence-corrected chi connectivity index (χ1v) is 5.82. The molecule has 0 radical (unpaired) electrons. The molecule has 3 rings (SSSR count). The number of hydrogen-bond donors (Lipinski definition) is 1. The molecule has 1 saturated carbocycles. The molecular weight excluding hydrogens is 178 g/mol. The lowest BCUT2D eigenvalue weighted by molar-refractivity contribution is 0.548. The van der Waals surface area contributed by atoms with Crippen molar-refractivity contribution in [3.63, 3.8) is 0 Å². The minimum atomic E-state index is 0.504. The van der Waals surface area contributed by atoms with Gasteiger partial charge in [-0.2, -0.15) is 0 Å². The number of hydrogen-bond acceptors (Lipinski definition) is 2. The Kier molecular flexibility index (Phi) is 1.67. The van der Waals surface area contributed by atoms with Gasteiger partial charge in [-0.3, -0.25) is 0 Å². The van der Waals surface area contributed by atoms with Gasteiger partial charge in [-0.1, -0.05) is 18.2 Å². The first-order chi connectivity index (χ1) is 6.38. The van der Waals surface area contributed by atoms with Crippen molar-refractivity contribution < 1.29 is 0 Å². The highest BCUT2D eigenvalue weighted by molar-refractivity contribution is 7.99. The Morgan fingerprint density at radius 3 is 2.92 bits per heavy atom. The summed E-state index contributed by atoms with van der Waals surface area (Å²) in [6.07, 6.45) is 2.74. The van der Waals surface area contributed by atoms with E-state index in [0.717, 1.165) is 6.54 Å². The fraction of sp³-hybridized carbons (Fsp3) is 0.455. The maximum Gasteiger partial charge on any atom is 0.0279 e. The van der Waals surface area contributed by atoms with E-state index in [0.29, 0.717) is 5.54 Å². The molecule has 0 saturated heterocycles. The lowest BCUT2D eigenvalue weighted by Gasteiger charge is -2.11. The standard InChI is InChI=1S/C11H13NS/c1-2-4-10-9(3-1)7-12-11(5-6-11)8-13-10/h1-4,12H,5-8H2. The Morgan fingerprint density at radius 1 is 1.23 bits per heavy atom. The van der Waals surface area contributed by atoms with Crippen molar-refractivity contribution in [3.05, 3.63) is 29.8 Å². The van der Waals surface area contributed by atoms with Gasteiger partial charge in [0.1, 0.15) is 0 Å². The van der Waals surface area contributed by atoms with Crippen LogP contribution < -0.4 is 5.32 Å². The van der Waals surface area contributed by atoms with E-state index in [2.05, 4.69) is 29.6 Å². The van der Waals surface area contributed by atoms with E-state index in [-0.39, 0.29) is 0 Å². The summed E-state index contributed by atoms with van der Waals surface area (Å²) in [5.41, 5.74) is 1.97. The number of benzene rings is 1. The SMILES string of the molecule is c1ccc2c(c1)CNC1(CC1)CS2. The van der Waals surface area contributed by atoms with Crippen LogP contribution in [0.15, 0.2) is 29.2 Å². The van der Waals surface area contributed by atoms with Crippen molar-refractivity contribution >= 4 is 11.8 Å². The lowest BCUT2D eigenvalue weighted by atomic mass is 10.2. The van der Waals surface area contributed by atoms with E-state index >= 15 is 0 Å². The maximum atomic E-state index is 3.67. The molecule has 1 heterocycles. The third-order valence-electron chi connectivity index (χ3n) is 2.98. The van der Waals surface area contributed by atoms with Gasteiger partial charge in [0.2, 0.25) is 0 Å². The quantitative estimate of drug-likeness (QED) is 0.676. The molecule has 68 valence electrons. The predicted octanol–water partition coefficient (Wildman–Crippen LogP) is 2.41. The highest BCUT2D eigenvalue weighted by Crippen LogP contribution is 2.43. The summed E-state index contributed by atoms with van der Waals surface area (Å²) in [5, 5.41) is 3.67. The monoisotopic (exact) mass is 191 g/mol. The lowest BCUT2D eigenvalue weighted by Crippen LogP contribution is -2.31. The largest absolute Gasteiger partial charge is 0.306 e. The van der Waals surface area contributed by atoms with Crippen LogP contribution in [-0.4, -0.2) is 11.3 Å². The minimum absolute atomic E-state index is 0.504. The highest BCUT2D eigenvalue weighted by atomic mass is 32.2. The van der Waals surface area contributed by atoms with Crippen molar-refractivity contribution in [2.24, 2.45) is 0 Å². The zero-order chi connectivity index (χ0) is 8.73. The molecule has 13 heavy (non-hydrogen) atoms. The summed E-state index contributed by atoms with van der Waals surface area (Å²) in [6, 6.07) is 8.74. The van der Waals surface area contributed by atoms with Crippen molar-refractivity contribution in [2.75, 3.05) is 5.75 Å². The molecular formula is C11H13NS. The Hall–Kier alpha value is -0.470. The van der Waals surface area contributed by atoms with Gasteiger partial charge in [0.25, 0.3) is 0 Å². The first kappa shape index (κ1) is 7.89. The van der Waals surface area contributed by atoms with Gasteiger partial charge in [-0.15, -0.1) is 11.8 Å². The third kappa shape index (κ3) is 1.38. The summed E-state index contributed by atoms with van der Waals surface area (Å²) in [5.74, 6) is 1.25. The molecule has 1 aliphatic heterocycles. The van der Waals surface area contributed by atoms with Gasteiger partial charge in [0, 0.05) is 22.7 Å². The number of rotatable bonds is 0. The fourth-order valence-electron chi connectivity index (χ4n) is 1.81. The Labute approximate surface area is 82.9 Å². The molecule has 0 bridgehead atoms. The van der Waals surface area contributed by atoms with Crippen LogP contribution >= 0.6 is 11.8 Å². The van der Waals surface area contributed by atoms with Gasteiger partial charge in [0.15, 0.2) is 0 Å². The molecule has 1 spiro atoms. The van der Waals surface area contributed by atoms with Crippen molar-refractivity contribution in [1.29, 1.82) is 0 Å². The van der Waals surface area contributed by atoms with E-state index in [1.807, 2.05) is 11.8 Å². The Morgan fingerprint density at radius 2 is 2.08 bits per heavy atom. The molecule has 2 heteroatoms. The van der Waals surface area contributed by atoms with E-state index in [4.69, 9.17) is 0 Å². The molecule has 0 unspecified atom stereocenters. The van der Waals surface area contributed by atoms with Crippen LogP contribution in [0, 0.1) is 0 Å². The van der Waals surface area contributed by atoms with Crippen LogP contribution in [0.3, 0.4) is 0 Å². The number of fused-ring (bicyclic) bond motifs is 1. The van der Waals surface area contributed by atoms with E-state index in [1.165, 1.54) is 29.1 Å². The normalized spacial score (nSPS) is 23.7. The summed E-state index contributed by atoms with van der Waals surface area (Å²) in [4.78, 5) is 1.47. The van der Waals surface area contributed by atoms with E-state index in [9.17, 15) is 0 Å². The average Bonchev–Trinajstić information content (AvgIpc) is 2.96. The van der Waals surface area contributed by atoms with Crippen LogP contribution in [0.4, 0.5) is 0 Å². The second-order valence-corrected chi connectivity index (χ2v) is 5.05. The van der Waals surface area contributed by atoms with Gasteiger partial charge in [-0.25, -0.2) is 0 Å². The zero-order valence-corrected chi connectivity index (χ0v) is 8.36. The molecule has 1 aliphatic carbocycles. The predicted molar refractivity (Wildman–Crippen MR) is 56.0 cm³/mol. The summed E-state index contributed by atoms with van der Waals surface area (Å²) >= 11 is 2.02. The second kappa shape index (κ2) is 2.76. The van der Waals surface area contributed by atoms with Crippen LogP contribution in [0.2, 0.25) is 0 Å². The Balaban J connectivity index is 1.92. The number of thioether (sulfide) groups is 1. The first-order valence-electron chi connectivity index (χ1n) is 4.84. The van der Waals surface area contributed by atoms with Crippen molar-refractivity contribution in [1.82, 2.24) is 5.32 Å². The molecule has 2 aliphatic rings. The smallest absolute Gasteiger partial charge is 0.0279 e. The van der Waals surface area contributed by atoms with Crippen molar-refractivity contribution in [3.8, 4) is 0 Å². The van der Waals surface area contributed by atoms with Gasteiger partial charge >= 0.3 is 0 Å². The zero-order valence-electron chi connectivity index (χ0n) is 7.55. The van der Waals surface area contributed by atoms with Gasteiger partial charge in [-0.05, 0) is 24.5 Å². The minimum Gasteiger partial charge on any atom is -0.306 e. The van der Waals surface area contributed by atoms with Crippen LogP contribution in [0.5, 0.6) is 0 Å². The molecule has 0 amide bonds. The third-order valence-corrected chi connectivity index (χ3v) is 4.39. The van der Waals surface area contributed by atoms with E-state index < -0.39 is 0 Å². The summed E-state index contributed by atoms with van der Waals surface area (Å²) < 4.78 is 0. The fourth-order valence-corrected chi connectivity index (χ4v) is 3.14. The molecule has 0 aromatic heterocycles. The average molecular weight is 191 g/mol. The topological polar surface area (TPSA) is 12.0 Å². The molecule has 1 aromatic carbocycles. The Bertz CT molecular complexity index is 302. The van der Waals surface area contributed by atoms with Gasteiger partial charge in [0.05, 0.1) is 0 Å². The van der Waals surface area contributed by atoms with E-state index in [1.54, 1.807) is 0 Å². The molecule has 1 nitrogen and oxygen atoms in total. The summed E-state index contributed by atoms with van der Waals surface area (Å²) in [6.45, 7) is 1.06. The number of nitrogens with one attached hydrogen (secondary N) is 1. The van der Waals surface area contributed by atoms with Gasteiger partial charge < -0.3 is 5.32 Å². The highest BCUT2D eigenvalue weighted by Gasteiger charge is 2.43. The van der Waals surface area contributed by atoms with Crippen LogP contribution in [0.25, 0.3) is 0 Å². The second-order valence-electron chi connectivity index (χ2n) is 4.03. The molecule has 1 N–H and O–H groups in total. The molecule has 0 atom stereocenters. The van der Waals surface area contributed by atoms with Crippen molar-refractivity contribution in [2.45, 2.75) is 29.8 Å². The van der Waals surface area contributed by atoms with Crippen LogP contribution in [-0.2, 0) is 6.54 Å². The van der Waals surface area contributed by atoms with Crippen LogP contribution in [0.1, 0.15) is 18.4 Å². The summed E-state index contributed by atoms with van der Waals surface area (Å²) in [7, 11) is 0. The maximum absolute atomic E-state index is 3.67.